The number of aromatic nitrogens is 1. The smallest absolute Gasteiger partial charge is 0.369 e. The van der Waals surface area contributed by atoms with Gasteiger partial charge in [0, 0.05) is 57.2 Å². The quantitative estimate of drug-likeness (QED) is 0.593. The van der Waals surface area contributed by atoms with Crippen LogP contribution in [0.4, 0.5) is 24.7 Å². The van der Waals surface area contributed by atoms with Gasteiger partial charge < -0.3 is 10.2 Å². The van der Waals surface area contributed by atoms with Crippen LogP contribution in [0, 0.1) is 0 Å². The summed E-state index contributed by atoms with van der Waals surface area (Å²) in [5.74, 6) is 0.317. The summed E-state index contributed by atoms with van der Waals surface area (Å²) in [6.07, 6.45) is -1.50. The van der Waals surface area contributed by atoms with Crippen molar-refractivity contribution >= 4 is 31.6 Å². The zero-order valence-electron chi connectivity index (χ0n) is 19.6. The molecule has 9 nitrogen and oxygen atoms in total. The van der Waals surface area contributed by atoms with Crippen LogP contribution < -0.4 is 10.2 Å². The first-order valence-corrected chi connectivity index (χ1v) is 14.7. The Morgan fingerprint density at radius 2 is 1.47 bits per heavy atom. The van der Waals surface area contributed by atoms with Crippen molar-refractivity contribution in [1.29, 1.82) is 0 Å². The van der Waals surface area contributed by atoms with Crippen molar-refractivity contribution in [2.45, 2.75) is 30.0 Å². The Bertz CT molecular complexity index is 1250. The van der Waals surface area contributed by atoms with E-state index in [-0.39, 0.29) is 24.0 Å². The van der Waals surface area contributed by atoms with Crippen LogP contribution in [0.5, 0.6) is 0 Å². The second-order valence-electron chi connectivity index (χ2n) is 8.90. The minimum atomic E-state index is -4.45. The summed E-state index contributed by atoms with van der Waals surface area (Å²) in [6.45, 7) is 2.35. The number of piperazine rings is 1. The Morgan fingerprint density at radius 1 is 0.861 bits per heavy atom. The largest absolute Gasteiger partial charge is 0.417 e. The Hall–Kier alpha value is -2.42. The molecule has 14 heteroatoms. The van der Waals surface area contributed by atoms with E-state index in [4.69, 9.17) is 0 Å². The number of hydrogen-bond acceptors (Lipinski definition) is 7. The lowest BCUT2D eigenvalue weighted by Gasteiger charge is -2.35. The normalized spacial score (nSPS) is 19.4. The van der Waals surface area contributed by atoms with E-state index in [1.807, 2.05) is 4.90 Å². The van der Waals surface area contributed by atoms with Gasteiger partial charge in [-0.05, 0) is 49.2 Å². The van der Waals surface area contributed by atoms with Crippen LogP contribution in [0.15, 0.2) is 47.5 Å². The average molecular weight is 548 g/mol. The zero-order valence-corrected chi connectivity index (χ0v) is 21.3. The number of anilines is 2. The first-order valence-electron chi connectivity index (χ1n) is 11.4. The van der Waals surface area contributed by atoms with Crippen molar-refractivity contribution in [2.75, 3.05) is 55.7 Å². The predicted octanol–water partition coefficient (Wildman–Crippen LogP) is 2.45. The van der Waals surface area contributed by atoms with E-state index in [2.05, 4.69) is 10.3 Å². The fourth-order valence-corrected chi connectivity index (χ4v) is 6.65. The summed E-state index contributed by atoms with van der Waals surface area (Å²) in [6, 6.07) is 8.71. The van der Waals surface area contributed by atoms with Crippen molar-refractivity contribution < 1.29 is 30.0 Å². The maximum absolute atomic E-state index is 13.1. The molecule has 2 aromatic rings. The van der Waals surface area contributed by atoms with Crippen LogP contribution in [0.25, 0.3) is 0 Å². The third-order valence-corrected chi connectivity index (χ3v) is 9.66. The molecule has 0 radical (unpaired) electrons. The molecule has 2 aliphatic heterocycles. The summed E-state index contributed by atoms with van der Waals surface area (Å²) in [5.41, 5.74) is 0.00481. The van der Waals surface area contributed by atoms with Gasteiger partial charge in [0.05, 0.1) is 16.7 Å². The number of piperidine rings is 1. The second kappa shape index (κ2) is 10.1. The molecule has 1 aromatic carbocycles. The molecule has 0 atom stereocenters. The lowest BCUT2D eigenvalue weighted by atomic mass is 10.1. The Balaban J connectivity index is 1.32. The maximum Gasteiger partial charge on any atom is 0.417 e. The highest BCUT2D eigenvalue weighted by Gasteiger charge is 2.32. The minimum Gasteiger partial charge on any atom is -0.369 e. The summed E-state index contributed by atoms with van der Waals surface area (Å²) >= 11 is 0. The molecule has 1 aromatic heterocycles. The number of halogens is 3. The van der Waals surface area contributed by atoms with Crippen LogP contribution in [0.2, 0.25) is 0 Å². The fraction of sp³-hybridized carbons (Fsp3) is 0.500. The van der Waals surface area contributed by atoms with Gasteiger partial charge in [-0.3, -0.25) is 0 Å². The first-order chi connectivity index (χ1) is 16.8. The molecule has 4 rings (SSSR count). The Kier molecular flexibility index (Phi) is 7.51. The summed E-state index contributed by atoms with van der Waals surface area (Å²) in [5, 5.41) is 3.08. The number of hydrogen-bond donors (Lipinski definition) is 1. The second-order valence-corrected chi connectivity index (χ2v) is 12.8. The van der Waals surface area contributed by atoms with Gasteiger partial charge in [0.2, 0.25) is 20.0 Å². The highest BCUT2D eigenvalue weighted by atomic mass is 32.2. The number of sulfonamides is 2. The monoisotopic (exact) mass is 547 g/mol. The minimum absolute atomic E-state index is 0.103. The maximum atomic E-state index is 13.1. The summed E-state index contributed by atoms with van der Waals surface area (Å²) in [4.78, 5) is 6.01. The van der Waals surface area contributed by atoms with Crippen LogP contribution in [0.1, 0.15) is 18.4 Å². The van der Waals surface area contributed by atoms with Crippen LogP contribution in [-0.2, 0) is 26.2 Å². The van der Waals surface area contributed by atoms with Gasteiger partial charge in [-0.2, -0.15) is 21.8 Å². The molecule has 0 amide bonds. The molecule has 3 heterocycles. The summed E-state index contributed by atoms with van der Waals surface area (Å²) < 4.78 is 90.5. The number of alkyl halides is 3. The number of rotatable bonds is 6. The van der Waals surface area contributed by atoms with E-state index in [0.29, 0.717) is 44.8 Å². The molecule has 36 heavy (non-hydrogen) atoms. The van der Waals surface area contributed by atoms with Gasteiger partial charge in [-0.25, -0.2) is 21.8 Å². The lowest BCUT2D eigenvalue weighted by molar-refractivity contribution is -0.137. The van der Waals surface area contributed by atoms with Gasteiger partial charge in [0.1, 0.15) is 5.82 Å². The van der Waals surface area contributed by atoms with E-state index < -0.39 is 31.8 Å². The molecule has 0 saturated carbocycles. The van der Waals surface area contributed by atoms with Crippen molar-refractivity contribution in [3.63, 3.8) is 0 Å². The molecule has 0 spiro atoms. The van der Waals surface area contributed by atoms with Gasteiger partial charge in [0.25, 0.3) is 0 Å². The van der Waals surface area contributed by atoms with Gasteiger partial charge >= 0.3 is 6.18 Å². The number of benzene rings is 1. The van der Waals surface area contributed by atoms with E-state index in [1.165, 1.54) is 20.9 Å². The molecule has 1 N–H and O–H groups in total. The SMILES string of the molecule is CS(=O)(=O)N1CCN(c2ccc(S(=O)(=O)N3CCC(Nc4ccc(C(F)(F)F)cn4)CC3)cc2)CC1. The molecule has 0 aliphatic carbocycles. The van der Waals surface area contributed by atoms with E-state index in [0.717, 1.165) is 18.0 Å². The van der Waals surface area contributed by atoms with Crippen LogP contribution in [0.3, 0.4) is 0 Å². The molecule has 2 aliphatic rings. The molecular formula is C22H28F3N5O4S2. The molecule has 198 valence electrons. The van der Waals surface area contributed by atoms with Crippen molar-refractivity contribution in [1.82, 2.24) is 13.6 Å². The number of nitrogens with one attached hydrogen (secondary N) is 1. The van der Waals surface area contributed by atoms with Crippen molar-refractivity contribution in [3.05, 3.63) is 48.2 Å². The molecule has 2 fully saturated rings. The highest BCUT2D eigenvalue weighted by Crippen LogP contribution is 2.29. The topological polar surface area (TPSA) is 103 Å². The van der Waals surface area contributed by atoms with E-state index >= 15 is 0 Å². The molecular weight excluding hydrogens is 519 g/mol. The third-order valence-electron chi connectivity index (χ3n) is 6.44. The van der Waals surface area contributed by atoms with Crippen molar-refractivity contribution in [3.8, 4) is 0 Å². The fourth-order valence-electron chi connectivity index (χ4n) is 4.35. The predicted molar refractivity (Wildman–Crippen MR) is 130 cm³/mol. The summed E-state index contributed by atoms with van der Waals surface area (Å²) in [7, 11) is -6.92. The van der Waals surface area contributed by atoms with Crippen LogP contribution in [-0.4, -0.2) is 82.0 Å². The number of pyridine rings is 1. The Labute approximate surface area is 209 Å². The number of nitrogens with zero attached hydrogens (tertiary/aromatic N) is 4. The lowest BCUT2D eigenvalue weighted by Crippen LogP contribution is -2.48. The van der Waals surface area contributed by atoms with Gasteiger partial charge in [-0.15, -0.1) is 0 Å². The molecule has 0 bridgehead atoms. The van der Waals surface area contributed by atoms with Gasteiger partial charge in [0.15, 0.2) is 0 Å². The highest BCUT2D eigenvalue weighted by molar-refractivity contribution is 7.89. The Morgan fingerprint density at radius 3 is 1.97 bits per heavy atom. The molecule has 0 unspecified atom stereocenters. The standard InChI is InChI=1S/C22H28F3N5O4S2/c1-35(31,32)29-14-12-28(13-15-29)19-3-5-20(6-4-19)36(33,34)30-10-8-18(9-11-30)27-21-7-2-17(16-26-21)22(23,24)25/h2-7,16,18H,8-15H2,1H3,(H,26,27). The first kappa shape index (κ1) is 26.6. The van der Waals surface area contributed by atoms with Crippen LogP contribution >= 0.6 is 0 Å². The molecule has 2 saturated heterocycles. The zero-order chi connectivity index (χ0) is 26.1. The third kappa shape index (κ3) is 6.10. The van der Waals surface area contributed by atoms with E-state index in [9.17, 15) is 30.0 Å². The van der Waals surface area contributed by atoms with Gasteiger partial charge in [-0.1, -0.05) is 0 Å². The van der Waals surface area contributed by atoms with Crippen molar-refractivity contribution in [2.24, 2.45) is 0 Å². The van der Waals surface area contributed by atoms with E-state index in [1.54, 1.807) is 24.3 Å². The average Bonchev–Trinajstić information content (AvgIpc) is 2.84.